The van der Waals surface area contributed by atoms with Crippen molar-refractivity contribution in [2.24, 2.45) is 0 Å². The summed E-state index contributed by atoms with van der Waals surface area (Å²) < 4.78 is 5.49. The molecule has 0 bridgehead atoms. The molecule has 1 unspecified atom stereocenters. The van der Waals surface area contributed by atoms with Crippen molar-refractivity contribution >= 4 is 5.69 Å². The molecule has 0 aliphatic carbocycles. The van der Waals surface area contributed by atoms with Crippen LogP contribution in [0.3, 0.4) is 0 Å². The summed E-state index contributed by atoms with van der Waals surface area (Å²) in [4.78, 5) is 0. The van der Waals surface area contributed by atoms with E-state index in [4.69, 9.17) is 10.00 Å². The molecular formula is C17H18N2O2. The van der Waals surface area contributed by atoms with Gasteiger partial charge in [-0.25, -0.2) is 0 Å². The number of anilines is 1. The average Bonchev–Trinajstić information content (AvgIpc) is 2.51. The first kappa shape index (κ1) is 14.9. The fraction of sp³-hybridized carbons (Fsp3) is 0.235. The minimum absolute atomic E-state index is 0.136. The van der Waals surface area contributed by atoms with Gasteiger partial charge in [0.1, 0.15) is 24.5 Å². The van der Waals surface area contributed by atoms with E-state index in [2.05, 4.69) is 11.4 Å². The van der Waals surface area contributed by atoms with Crippen LogP contribution in [-0.4, -0.2) is 24.4 Å². The molecule has 21 heavy (non-hydrogen) atoms. The summed E-state index contributed by atoms with van der Waals surface area (Å²) in [6, 6.07) is 17.0. The lowest BCUT2D eigenvalue weighted by molar-refractivity contribution is 0.117. The van der Waals surface area contributed by atoms with Gasteiger partial charge in [-0.2, -0.15) is 5.26 Å². The molecule has 0 amide bonds. The van der Waals surface area contributed by atoms with Crippen LogP contribution in [-0.2, 0) is 0 Å². The van der Waals surface area contributed by atoms with Crippen LogP contribution in [0.1, 0.15) is 11.1 Å². The average molecular weight is 282 g/mol. The van der Waals surface area contributed by atoms with Crippen LogP contribution in [0, 0.1) is 18.3 Å². The number of nitrogens with one attached hydrogen (secondary N) is 1. The number of nitrogens with zero attached hydrogens (tertiary/aromatic N) is 1. The third kappa shape index (κ3) is 4.51. The van der Waals surface area contributed by atoms with E-state index in [0.29, 0.717) is 17.9 Å². The molecule has 0 saturated heterocycles. The highest BCUT2D eigenvalue weighted by Crippen LogP contribution is 2.16. The van der Waals surface area contributed by atoms with Gasteiger partial charge in [0.15, 0.2) is 0 Å². The van der Waals surface area contributed by atoms with E-state index in [0.717, 1.165) is 11.3 Å². The van der Waals surface area contributed by atoms with Gasteiger partial charge in [0.25, 0.3) is 0 Å². The largest absolute Gasteiger partial charge is 0.489 e. The third-order valence-corrected chi connectivity index (χ3v) is 3.00. The fourth-order valence-corrected chi connectivity index (χ4v) is 1.92. The summed E-state index contributed by atoms with van der Waals surface area (Å²) in [5.41, 5.74) is 2.59. The van der Waals surface area contributed by atoms with Gasteiger partial charge in [0, 0.05) is 12.2 Å². The summed E-state index contributed by atoms with van der Waals surface area (Å²) in [5, 5.41) is 22.0. The van der Waals surface area contributed by atoms with Crippen LogP contribution in [0.4, 0.5) is 5.69 Å². The van der Waals surface area contributed by atoms with E-state index in [-0.39, 0.29) is 6.61 Å². The van der Waals surface area contributed by atoms with Gasteiger partial charge in [0.05, 0.1) is 5.56 Å². The van der Waals surface area contributed by atoms with Crippen LogP contribution in [0.25, 0.3) is 0 Å². The van der Waals surface area contributed by atoms with E-state index in [1.807, 2.05) is 31.2 Å². The number of hydrogen-bond acceptors (Lipinski definition) is 4. The fourth-order valence-electron chi connectivity index (χ4n) is 1.92. The molecule has 0 aliphatic rings. The second kappa shape index (κ2) is 7.32. The zero-order valence-electron chi connectivity index (χ0n) is 11.9. The van der Waals surface area contributed by atoms with Gasteiger partial charge in [0.2, 0.25) is 0 Å². The topological polar surface area (TPSA) is 65.3 Å². The summed E-state index contributed by atoms with van der Waals surface area (Å²) in [7, 11) is 0. The Labute approximate surface area is 124 Å². The molecule has 1 atom stereocenters. The molecular weight excluding hydrogens is 264 g/mol. The van der Waals surface area contributed by atoms with Crippen LogP contribution >= 0.6 is 0 Å². The highest BCUT2D eigenvalue weighted by molar-refractivity contribution is 5.45. The third-order valence-electron chi connectivity index (χ3n) is 3.00. The molecule has 0 aromatic heterocycles. The number of hydrogen-bond donors (Lipinski definition) is 2. The second-order valence-corrected chi connectivity index (χ2v) is 4.82. The predicted molar refractivity (Wildman–Crippen MR) is 82.3 cm³/mol. The van der Waals surface area contributed by atoms with Gasteiger partial charge < -0.3 is 15.2 Å². The van der Waals surface area contributed by atoms with Crippen LogP contribution in [0.15, 0.2) is 48.5 Å². The highest BCUT2D eigenvalue weighted by Gasteiger charge is 2.07. The van der Waals surface area contributed by atoms with Crippen molar-refractivity contribution in [3.8, 4) is 11.8 Å². The molecule has 0 heterocycles. The van der Waals surface area contributed by atoms with E-state index in [9.17, 15) is 5.11 Å². The summed E-state index contributed by atoms with van der Waals surface area (Å²) >= 11 is 0. The quantitative estimate of drug-likeness (QED) is 0.855. The lowest BCUT2D eigenvalue weighted by Gasteiger charge is -2.14. The first-order chi connectivity index (χ1) is 10.2. The number of aliphatic hydroxyl groups is 1. The van der Waals surface area contributed by atoms with Gasteiger partial charge in [-0.3, -0.25) is 0 Å². The Morgan fingerprint density at radius 3 is 2.81 bits per heavy atom. The normalized spacial score (nSPS) is 11.5. The van der Waals surface area contributed by atoms with E-state index >= 15 is 0 Å². The lowest BCUT2D eigenvalue weighted by atomic mass is 10.2. The zero-order chi connectivity index (χ0) is 15.1. The van der Waals surface area contributed by atoms with Crippen LogP contribution < -0.4 is 10.1 Å². The molecule has 0 radical (unpaired) electrons. The van der Waals surface area contributed by atoms with Crippen molar-refractivity contribution in [3.63, 3.8) is 0 Å². The number of ether oxygens (including phenoxy) is 1. The van der Waals surface area contributed by atoms with Crippen molar-refractivity contribution in [2.45, 2.75) is 13.0 Å². The summed E-state index contributed by atoms with van der Waals surface area (Å²) in [6.45, 7) is 2.54. The number of rotatable bonds is 6. The molecule has 4 nitrogen and oxygen atoms in total. The first-order valence-corrected chi connectivity index (χ1v) is 6.79. The minimum atomic E-state index is -0.655. The molecule has 0 saturated carbocycles. The van der Waals surface area contributed by atoms with E-state index < -0.39 is 6.10 Å². The standard InChI is InChI=1S/C17H18N2O2/c1-13-5-4-7-15(9-13)19-11-16(20)12-21-17-8-3-2-6-14(17)10-18/h2-9,16,19-20H,11-12H2,1H3. The first-order valence-electron chi connectivity index (χ1n) is 6.79. The van der Waals surface area contributed by atoms with Crippen LogP contribution in [0.5, 0.6) is 5.75 Å². The van der Waals surface area contributed by atoms with E-state index in [1.54, 1.807) is 24.3 Å². The molecule has 2 N–H and O–H groups in total. The van der Waals surface area contributed by atoms with E-state index in [1.165, 1.54) is 0 Å². The van der Waals surface area contributed by atoms with Gasteiger partial charge in [-0.1, -0.05) is 24.3 Å². The number of aryl methyl sites for hydroxylation is 1. The number of aliphatic hydroxyl groups excluding tert-OH is 1. The van der Waals surface area contributed by atoms with Gasteiger partial charge in [-0.15, -0.1) is 0 Å². The zero-order valence-corrected chi connectivity index (χ0v) is 11.9. The van der Waals surface area contributed by atoms with Crippen LogP contribution in [0.2, 0.25) is 0 Å². The van der Waals surface area contributed by atoms with Gasteiger partial charge >= 0.3 is 0 Å². The number of benzene rings is 2. The van der Waals surface area contributed by atoms with Crippen molar-refractivity contribution in [1.29, 1.82) is 5.26 Å². The van der Waals surface area contributed by atoms with Crippen molar-refractivity contribution in [1.82, 2.24) is 0 Å². The Morgan fingerprint density at radius 2 is 2.05 bits per heavy atom. The highest BCUT2D eigenvalue weighted by atomic mass is 16.5. The maximum Gasteiger partial charge on any atom is 0.137 e. The Bertz CT molecular complexity index is 635. The minimum Gasteiger partial charge on any atom is -0.489 e. The number of nitriles is 1. The molecule has 108 valence electrons. The summed E-state index contributed by atoms with van der Waals surface area (Å²) in [6.07, 6.45) is -0.655. The molecule has 0 spiro atoms. The lowest BCUT2D eigenvalue weighted by Crippen LogP contribution is -2.26. The van der Waals surface area contributed by atoms with Crippen molar-refractivity contribution in [3.05, 3.63) is 59.7 Å². The maximum atomic E-state index is 9.93. The molecule has 2 aromatic carbocycles. The summed E-state index contributed by atoms with van der Waals surface area (Å²) in [5.74, 6) is 0.495. The maximum absolute atomic E-state index is 9.93. The monoisotopic (exact) mass is 282 g/mol. The van der Waals surface area contributed by atoms with Crippen molar-refractivity contribution < 1.29 is 9.84 Å². The molecule has 2 aromatic rings. The number of para-hydroxylation sites is 1. The van der Waals surface area contributed by atoms with Gasteiger partial charge in [-0.05, 0) is 36.8 Å². The SMILES string of the molecule is Cc1cccc(NCC(O)COc2ccccc2C#N)c1. The molecule has 2 rings (SSSR count). The molecule has 4 heteroatoms. The Morgan fingerprint density at radius 1 is 1.24 bits per heavy atom. The second-order valence-electron chi connectivity index (χ2n) is 4.82. The predicted octanol–water partition coefficient (Wildman–Crippen LogP) is 2.72. The van der Waals surface area contributed by atoms with Crippen molar-refractivity contribution in [2.75, 3.05) is 18.5 Å². The Hall–Kier alpha value is -2.51. The smallest absolute Gasteiger partial charge is 0.137 e. The Kier molecular flexibility index (Phi) is 5.19. The Balaban J connectivity index is 1.82. The molecule has 0 fully saturated rings. The molecule has 0 aliphatic heterocycles.